The molecule has 122 valence electrons. The second-order valence-corrected chi connectivity index (χ2v) is 5.55. The minimum Gasteiger partial charge on any atom is -0.496 e. The number of methoxy groups -OCH3 is 1. The molecule has 0 spiro atoms. The van der Waals surface area contributed by atoms with E-state index >= 15 is 0 Å². The van der Waals surface area contributed by atoms with Crippen LogP contribution in [0.3, 0.4) is 0 Å². The Labute approximate surface area is 140 Å². The Morgan fingerprint density at radius 1 is 1.17 bits per heavy atom. The summed E-state index contributed by atoms with van der Waals surface area (Å²) < 4.78 is 5.28. The number of amides is 1. The maximum absolute atomic E-state index is 12.3. The summed E-state index contributed by atoms with van der Waals surface area (Å²) in [5, 5.41) is 10.1. The van der Waals surface area contributed by atoms with Crippen LogP contribution in [0.1, 0.15) is 11.3 Å². The van der Waals surface area contributed by atoms with Gasteiger partial charge in [-0.05, 0) is 31.2 Å². The first-order chi connectivity index (χ1) is 11.7. The van der Waals surface area contributed by atoms with Crippen molar-refractivity contribution in [2.24, 2.45) is 0 Å². The van der Waals surface area contributed by atoms with E-state index in [9.17, 15) is 4.79 Å². The molecule has 1 amide bonds. The van der Waals surface area contributed by atoms with E-state index in [4.69, 9.17) is 4.74 Å². The summed E-state index contributed by atoms with van der Waals surface area (Å²) in [6.45, 7) is 1.95. The summed E-state index contributed by atoms with van der Waals surface area (Å²) >= 11 is 0. The number of rotatable bonds is 5. The number of hydrogen-bond acceptors (Lipinski definition) is 3. The maximum atomic E-state index is 12.3. The number of benzene rings is 2. The Bertz CT molecular complexity index is 855. The number of H-pyrrole nitrogens is 1. The minimum atomic E-state index is -0.0881. The number of aromatic nitrogens is 2. The van der Waals surface area contributed by atoms with Gasteiger partial charge in [-0.3, -0.25) is 9.89 Å². The molecule has 0 bridgehead atoms. The molecule has 5 heteroatoms. The summed E-state index contributed by atoms with van der Waals surface area (Å²) in [5.74, 6) is 0.628. The fraction of sp³-hybridized carbons (Fsp3) is 0.158. The molecule has 2 aromatic carbocycles. The molecule has 0 atom stereocenters. The Morgan fingerprint density at radius 2 is 2.00 bits per heavy atom. The number of nitrogens with one attached hydrogen (secondary N) is 2. The zero-order valence-electron chi connectivity index (χ0n) is 13.7. The second-order valence-electron chi connectivity index (χ2n) is 5.55. The monoisotopic (exact) mass is 321 g/mol. The Balaban J connectivity index is 1.73. The SMILES string of the molecule is COc1ccccc1CC(=O)Nc1cccc(-c2cc(C)[nH]n2)c1. The van der Waals surface area contributed by atoms with Gasteiger partial charge in [-0.2, -0.15) is 5.10 Å². The second kappa shape index (κ2) is 7.00. The van der Waals surface area contributed by atoms with E-state index < -0.39 is 0 Å². The third kappa shape index (κ3) is 3.63. The number of aromatic amines is 1. The van der Waals surface area contributed by atoms with Crippen molar-refractivity contribution in [1.29, 1.82) is 0 Å². The predicted octanol–water partition coefficient (Wildman–Crippen LogP) is 3.57. The van der Waals surface area contributed by atoms with Crippen molar-refractivity contribution >= 4 is 11.6 Å². The van der Waals surface area contributed by atoms with E-state index in [1.165, 1.54) is 0 Å². The third-order valence-electron chi connectivity index (χ3n) is 3.69. The molecule has 3 aromatic rings. The average Bonchev–Trinajstić information content (AvgIpc) is 3.02. The van der Waals surface area contributed by atoms with Gasteiger partial charge in [0.15, 0.2) is 0 Å². The standard InChI is InChI=1S/C19H19N3O2/c1-13-10-17(22-21-13)14-7-5-8-16(11-14)20-19(23)12-15-6-3-4-9-18(15)24-2/h3-11H,12H2,1-2H3,(H,20,23)(H,21,22). The molecular formula is C19H19N3O2. The van der Waals surface area contributed by atoms with Gasteiger partial charge in [0.25, 0.3) is 0 Å². The van der Waals surface area contributed by atoms with Crippen molar-refractivity contribution in [3.8, 4) is 17.0 Å². The van der Waals surface area contributed by atoms with Gasteiger partial charge in [0, 0.05) is 22.5 Å². The van der Waals surface area contributed by atoms with Crippen molar-refractivity contribution in [2.75, 3.05) is 12.4 Å². The summed E-state index contributed by atoms with van der Waals surface area (Å²) in [6.07, 6.45) is 0.260. The summed E-state index contributed by atoms with van der Waals surface area (Å²) in [5.41, 5.74) is 4.41. The van der Waals surface area contributed by atoms with Crippen LogP contribution in [0.2, 0.25) is 0 Å². The Kier molecular flexibility index (Phi) is 4.61. The van der Waals surface area contributed by atoms with E-state index in [2.05, 4.69) is 15.5 Å². The van der Waals surface area contributed by atoms with Gasteiger partial charge >= 0.3 is 0 Å². The number of hydrogen-bond donors (Lipinski definition) is 2. The van der Waals surface area contributed by atoms with Crippen molar-refractivity contribution in [2.45, 2.75) is 13.3 Å². The van der Waals surface area contributed by atoms with Crippen LogP contribution in [0.25, 0.3) is 11.3 Å². The van der Waals surface area contributed by atoms with Gasteiger partial charge in [-0.25, -0.2) is 0 Å². The fourth-order valence-electron chi connectivity index (χ4n) is 2.55. The van der Waals surface area contributed by atoms with Crippen molar-refractivity contribution in [3.63, 3.8) is 0 Å². The van der Waals surface area contributed by atoms with Gasteiger partial charge in [-0.15, -0.1) is 0 Å². The van der Waals surface area contributed by atoms with Crippen LogP contribution >= 0.6 is 0 Å². The van der Waals surface area contributed by atoms with E-state index in [1.54, 1.807) is 7.11 Å². The van der Waals surface area contributed by atoms with E-state index in [0.29, 0.717) is 5.75 Å². The van der Waals surface area contributed by atoms with Gasteiger partial charge < -0.3 is 10.1 Å². The zero-order chi connectivity index (χ0) is 16.9. The molecule has 0 saturated heterocycles. The van der Waals surface area contributed by atoms with Crippen LogP contribution in [-0.2, 0) is 11.2 Å². The molecular weight excluding hydrogens is 302 g/mol. The van der Waals surface area contributed by atoms with Crippen LogP contribution in [0.4, 0.5) is 5.69 Å². The lowest BCUT2D eigenvalue weighted by molar-refractivity contribution is -0.115. The highest BCUT2D eigenvalue weighted by atomic mass is 16.5. The highest BCUT2D eigenvalue weighted by Crippen LogP contribution is 2.22. The normalized spacial score (nSPS) is 10.4. The maximum Gasteiger partial charge on any atom is 0.228 e. The minimum absolute atomic E-state index is 0.0881. The highest BCUT2D eigenvalue weighted by molar-refractivity contribution is 5.93. The average molecular weight is 321 g/mol. The molecule has 5 nitrogen and oxygen atoms in total. The lowest BCUT2D eigenvalue weighted by atomic mass is 10.1. The lowest BCUT2D eigenvalue weighted by Crippen LogP contribution is -2.14. The lowest BCUT2D eigenvalue weighted by Gasteiger charge is -2.09. The van der Waals surface area contributed by atoms with E-state index in [-0.39, 0.29) is 12.3 Å². The first-order valence-corrected chi connectivity index (χ1v) is 7.70. The zero-order valence-corrected chi connectivity index (χ0v) is 13.7. The molecule has 1 aromatic heterocycles. The third-order valence-corrected chi connectivity index (χ3v) is 3.69. The first-order valence-electron chi connectivity index (χ1n) is 7.70. The largest absolute Gasteiger partial charge is 0.496 e. The van der Waals surface area contributed by atoms with Crippen LogP contribution < -0.4 is 10.1 Å². The molecule has 0 aliphatic rings. The Hall–Kier alpha value is -3.08. The molecule has 0 radical (unpaired) electrons. The van der Waals surface area contributed by atoms with Crippen molar-refractivity contribution in [1.82, 2.24) is 10.2 Å². The summed E-state index contributed by atoms with van der Waals surface area (Å²) in [6, 6.07) is 17.1. The molecule has 3 rings (SSSR count). The molecule has 24 heavy (non-hydrogen) atoms. The first kappa shape index (κ1) is 15.8. The molecule has 2 N–H and O–H groups in total. The number of anilines is 1. The molecule has 0 saturated carbocycles. The fourth-order valence-corrected chi connectivity index (χ4v) is 2.55. The van der Waals surface area contributed by atoms with Crippen molar-refractivity contribution in [3.05, 3.63) is 65.9 Å². The summed E-state index contributed by atoms with van der Waals surface area (Å²) in [4.78, 5) is 12.3. The van der Waals surface area contributed by atoms with Crippen molar-refractivity contribution < 1.29 is 9.53 Å². The van der Waals surface area contributed by atoms with Crippen LogP contribution in [-0.4, -0.2) is 23.2 Å². The number of ether oxygens (including phenoxy) is 1. The van der Waals surface area contributed by atoms with Crippen LogP contribution in [0, 0.1) is 6.92 Å². The number of nitrogens with zero attached hydrogens (tertiary/aromatic N) is 1. The molecule has 0 aliphatic heterocycles. The number of carbonyl (C=O) groups excluding carboxylic acids is 1. The molecule has 0 aliphatic carbocycles. The summed E-state index contributed by atoms with van der Waals surface area (Å²) in [7, 11) is 1.60. The van der Waals surface area contributed by atoms with Gasteiger partial charge in [0.2, 0.25) is 5.91 Å². The highest BCUT2D eigenvalue weighted by Gasteiger charge is 2.09. The smallest absolute Gasteiger partial charge is 0.228 e. The topological polar surface area (TPSA) is 67.0 Å². The van der Waals surface area contributed by atoms with Gasteiger partial charge in [0.05, 0.1) is 19.2 Å². The van der Waals surface area contributed by atoms with E-state index in [0.717, 1.165) is 28.2 Å². The molecule has 0 unspecified atom stereocenters. The Morgan fingerprint density at radius 3 is 2.75 bits per heavy atom. The molecule has 0 fully saturated rings. The number of carbonyl (C=O) groups is 1. The van der Waals surface area contributed by atoms with Crippen LogP contribution in [0.15, 0.2) is 54.6 Å². The number of aryl methyl sites for hydroxylation is 1. The number of para-hydroxylation sites is 1. The van der Waals surface area contributed by atoms with Crippen LogP contribution in [0.5, 0.6) is 5.75 Å². The predicted molar refractivity (Wildman–Crippen MR) is 94.1 cm³/mol. The molecule has 1 heterocycles. The quantitative estimate of drug-likeness (QED) is 0.755. The van der Waals surface area contributed by atoms with E-state index in [1.807, 2.05) is 61.5 Å². The van der Waals surface area contributed by atoms with Gasteiger partial charge in [-0.1, -0.05) is 30.3 Å². The van der Waals surface area contributed by atoms with Gasteiger partial charge in [0.1, 0.15) is 5.75 Å².